The van der Waals surface area contributed by atoms with Crippen molar-refractivity contribution in [3.63, 3.8) is 0 Å². The van der Waals surface area contributed by atoms with Gasteiger partial charge in [-0.2, -0.15) is 0 Å². The number of benzene rings is 1. The molecule has 1 aromatic rings. The van der Waals surface area contributed by atoms with Crippen molar-refractivity contribution in [2.75, 3.05) is 38.2 Å². The van der Waals surface area contributed by atoms with Crippen molar-refractivity contribution in [2.24, 2.45) is 0 Å². The highest BCUT2D eigenvalue weighted by Crippen LogP contribution is 2.25. The third-order valence-electron chi connectivity index (χ3n) is 5.70. The number of anilines is 1. The first-order valence-electron chi connectivity index (χ1n) is 10.7. The second kappa shape index (κ2) is 10.5. The van der Waals surface area contributed by atoms with E-state index in [-0.39, 0.29) is 6.03 Å². The fourth-order valence-electron chi connectivity index (χ4n) is 4.12. The van der Waals surface area contributed by atoms with Gasteiger partial charge in [-0.3, -0.25) is 0 Å². The van der Waals surface area contributed by atoms with Gasteiger partial charge in [-0.25, -0.2) is 4.79 Å². The van der Waals surface area contributed by atoms with Crippen molar-refractivity contribution in [2.45, 2.75) is 64.0 Å². The molecule has 2 fully saturated rings. The van der Waals surface area contributed by atoms with Gasteiger partial charge < -0.3 is 19.9 Å². The molecule has 0 radical (unpaired) electrons. The van der Waals surface area contributed by atoms with E-state index >= 15 is 0 Å². The molecule has 150 valence electrons. The van der Waals surface area contributed by atoms with Gasteiger partial charge in [0, 0.05) is 45.5 Å². The standard InChI is InChI=1S/C22H35N3O2/c1-24(18-19-10-5-6-13-21(19)25-15-7-8-16-25)22(26)23-14-9-17-27-20-11-3-2-4-12-20/h5-6,10,13,20H,2-4,7-9,11-12,14-18H2,1H3,(H,23,26). The molecule has 2 amide bonds. The zero-order chi connectivity index (χ0) is 18.9. The largest absolute Gasteiger partial charge is 0.378 e. The summed E-state index contributed by atoms with van der Waals surface area (Å²) in [5.41, 5.74) is 2.49. The fourth-order valence-corrected chi connectivity index (χ4v) is 4.12. The van der Waals surface area contributed by atoms with Crippen LogP contribution < -0.4 is 10.2 Å². The number of nitrogens with one attached hydrogen (secondary N) is 1. The number of nitrogens with zero attached hydrogens (tertiary/aromatic N) is 2. The van der Waals surface area contributed by atoms with Gasteiger partial charge in [0.25, 0.3) is 0 Å². The Bertz CT molecular complexity index is 581. The molecule has 1 aromatic carbocycles. The quantitative estimate of drug-likeness (QED) is 0.696. The Morgan fingerprint density at radius 3 is 2.67 bits per heavy atom. The van der Waals surface area contributed by atoms with Crippen LogP contribution in [0.1, 0.15) is 56.9 Å². The number of hydrogen-bond donors (Lipinski definition) is 1. The third kappa shape index (κ3) is 6.13. The van der Waals surface area contributed by atoms with E-state index in [2.05, 4.69) is 34.5 Å². The second-order valence-corrected chi connectivity index (χ2v) is 7.90. The molecule has 1 saturated heterocycles. The van der Waals surface area contributed by atoms with E-state index in [1.165, 1.54) is 56.2 Å². The Labute approximate surface area is 164 Å². The summed E-state index contributed by atoms with van der Waals surface area (Å²) in [7, 11) is 1.87. The Hall–Kier alpha value is -1.75. The molecule has 0 aromatic heterocycles. The number of rotatable bonds is 8. The van der Waals surface area contributed by atoms with E-state index in [0.717, 1.165) is 26.1 Å². The number of hydrogen-bond acceptors (Lipinski definition) is 3. The average molecular weight is 374 g/mol. The van der Waals surface area contributed by atoms with Gasteiger partial charge >= 0.3 is 6.03 Å². The number of ether oxygens (including phenoxy) is 1. The van der Waals surface area contributed by atoms with Gasteiger partial charge in [0.1, 0.15) is 0 Å². The highest BCUT2D eigenvalue weighted by molar-refractivity contribution is 5.74. The van der Waals surface area contributed by atoms with E-state index < -0.39 is 0 Å². The molecule has 3 rings (SSSR count). The molecular formula is C22H35N3O2. The first-order valence-corrected chi connectivity index (χ1v) is 10.7. The van der Waals surface area contributed by atoms with E-state index in [9.17, 15) is 4.79 Å². The Balaban J connectivity index is 1.38. The SMILES string of the molecule is CN(Cc1ccccc1N1CCCC1)C(=O)NCCCOC1CCCCC1. The molecule has 5 heteroatoms. The minimum Gasteiger partial charge on any atom is -0.378 e. The minimum atomic E-state index is -0.0103. The zero-order valence-corrected chi connectivity index (χ0v) is 16.8. The van der Waals surface area contributed by atoms with E-state index in [4.69, 9.17) is 4.74 Å². The van der Waals surface area contributed by atoms with Crippen LogP contribution in [0.2, 0.25) is 0 Å². The zero-order valence-electron chi connectivity index (χ0n) is 16.8. The van der Waals surface area contributed by atoms with Gasteiger partial charge in [0.05, 0.1) is 6.10 Å². The van der Waals surface area contributed by atoms with Gasteiger partial charge in [-0.1, -0.05) is 37.5 Å². The molecule has 0 atom stereocenters. The molecule has 0 unspecified atom stereocenters. The lowest BCUT2D eigenvalue weighted by Gasteiger charge is -2.25. The predicted molar refractivity (Wildman–Crippen MR) is 110 cm³/mol. The normalized spacial score (nSPS) is 17.9. The molecule has 27 heavy (non-hydrogen) atoms. The van der Waals surface area contributed by atoms with Crippen molar-refractivity contribution >= 4 is 11.7 Å². The molecule has 1 aliphatic heterocycles. The van der Waals surface area contributed by atoms with Crippen LogP contribution in [-0.4, -0.2) is 50.3 Å². The predicted octanol–water partition coefficient (Wildman–Crippen LogP) is 4.17. The smallest absolute Gasteiger partial charge is 0.317 e. The molecule has 1 saturated carbocycles. The van der Waals surface area contributed by atoms with Crippen LogP contribution in [0.3, 0.4) is 0 Å². The molecule has 1 N–H and O–H groups in total. The summed E-state index contributed by atoms with van der Waals surface area (Å²) in [6.45, 7) is 4.29. The molecule has 1 heterocycles. The van der Waals surface area contributed by atoms with Crippen LogP contribution in [0.15, 0.2) is 24.3 Å². The third-order valence-corrected chi connectivity index (χ3v) is 5.70. The van der Waals surface area contributed by atoms with Crippen molar-refractivity contribution in [1.82, 2.24) is 10.2 Å². The van der Waals surface area contributed by atoms with Crippen LogP contribution in [0.25, 0.3) is 0 Å². The molecule has 5 nitrogen and oxygen atoms in total. The summed E-state index contributed by atoms with van der Waals surface area (Å²) in [6.07, 6.45) is 10.2. The van der Waals surface area contributed by atoms with Crippen LogP contribution >= 0.6 is 0 Å². The van der Waals surface area contributed by atoms with Crippen LogP contribution in [-0.2, 0) is 11.3 Å². The highest BCUT2D eigenvalue weighted by Gasteiger charge is 2.17. The van der Waals surface area contributed by atoms with Gasteiger partial charge in [0.2, 0.25) is 0 Å². The fraction of sp³-hybridized carbons (Fsp3) is 0.682. The Kier molecular flexibility index (Phi) is 7.81. The van der Waals surface area contributed by atoms with Crippen molar-refractivity contribution < 1.29 is 9.53 Å². The van der Waals surface area contributed by atoms with Crippen molar-refractivity contribution in [3.05, 3.63) is 29.8 Å². The summed E-state index contributed by atoms with van der Waals surface area (Å²) >= 11 is 0. The maximum absolute atomic E-state index is 12.4. The first kappa shape index (κ1) is 20.0. The van der Waals surface area contributed by atoms with Crippen LogP contribution in [0.4, 0.5) is 10.5 Å². The topological polar surface area (TPSA) is 44.8 Å². The number of carbonyl (C=O) groups excluding carboxylic acids is 1. The number of para-hydroxylation sites is 1. The maximum atomic E-state index is 12.4. The lowest BCUT2D eigenvalue weighted by atomic mass is 9.98. The summed E-state index contributed by atoms with van der Waals surface area (Å²) in [5.74, 6) is 0. The lowest BCUT2D eigenvalue weighted by molar-refractivity contribution is 0.0275. The molecule has 0 bridgehead atoms. The average Bonchev–Trinajstić information content (AvgIpc) is 3.23. The summed E-state index contributed by atoms with van der Waals surface area (Å²) in [4.78, 5) is 16.6. The van der Waals surface area contributed by atoms with E-state index in [1.54, 1.807) is 4.90 Å². The number of carbonyl (C=O) groups is 1. The first-order chi connectivity index (χ1) is 13.2. The second-order valence-electron chi connectivity index (χ2n) is 7.90. The van der Waals surface area contributed by atoms with Crippen molar-refractivity contribution in [1.29, 1.82) is 0 Å². The number of urea groups is 1. The molecule has 1 aliphatic carbocycles. The monoisotopic (exact) mass is 373 g/mol. The van der Waals surface area contributed by atoms with Gasteiger partial charge in [-0.05, 0) is 43.7 Å². The summed E-state index contributed by atoms with van der Waals surface area (Å²) in [6, 6.07) is 8.45. The molecule has 2 aliphatic rings. The summed E-state index contributed by atoms with van der Waals surface area (Å²) in [5, 5.41) is 3.02. The summed E-state index contributed by atoms with van der Waals surface area (Å²) < 4.78 is 5.92. The van der Waals surface area contributed by atoms with Gasteiger partial charge in [0.15, 0.2) is 0 Å². The Morgan fingerprint density at radius 1 is 1.15 bits per heavy atom. The Morgan fingerprint density at radius 2 is 1.89 bits per heavy atom. The van der Waals surface area contributed by atoms with Crippen LogP contribution in [0.5, 0.6) is 0 Å². The van der Waals surface area contributed by atoms with Crippen molar-refractivity contribution in [3.8, 4) is 0 Å². The molecular weight excluding hydrogens is 338 g/mol. The molecule has 0 spiro atoms. The van der Waals surface area contributed by atoms with Crippen LogP contribution in [0, 0.1) is 0 Å². The number of amides is 2. The van der Waals surface area contributed by atoms with Gasteiger partial charge in [-0.15, -0.1) is 0 Å². The highest BCUT2D eigenvalue weighted by atomic mass is 16.5. The van der Waals surface area contributed by atoms with E-state index in [0.29, 0.717) is 19.2 Å². The maximum Gasteiger partial charge on any atom is 0.317 e. The van der Waals surface area contributed by atoms with E-state index in [1.807, 2.05) is 7.05 Å². The lowest BCUT2D eigenvalue weighted by Crippen LogP contribution is -2.38. The minimum absolute atomic E-state index is 0.0103.